The van der Waals surface area contributed by atoms with Crippen LogP contribution >= 0.6 is 15.9 Å². The molecule has 29 heavy (non-hydrogen) atoms. The van der Waals surface area contributed by atoms with Crippen molar-refractivity contribution in [3.05, 3.63) is 62.5 Å². The van der Waals surface area contributed by atoms with E-state index in [0.717, 1.165) is 24.8 Å². The van der Waals surface area contributed by atoms with E-state index in [0.29, 0.717) is 41.6 Å². The van der Waals surface area contributed by atoms with E-state index < -0.39 is 0 Å². The smallest absolute Gasteiger partial charge is 0.238 e. The lowest BCUT2D eigenvalue weighted by atomic mass is 9.87. The van der Waals surface area contributed by atoms with E-state index in [-0.39, 0.29) is 29.6 Å². The molecule has 0 aliphatic carbocycles. The number of fused-ring (bicyclic) bond motifs is 3. The minimum Gasteiger partial charge on any atom is -0.483 e. The SMILES string of the molecule is CCC1CCC(=O)c2c(OCc3ccccc3)c(=O)c(Br)cn2C2COCC2C1. The molecule has 1 aromatic carbocycles. The summed E-state index contributed by atoms with van der Waals surface area (Å²) >= 11 is 3.39. The Bertz CT molecular complexity index is 940. The summed E-state index contributed by atoms with van der Waals surface area (Å²) in [7, 11) is 0. The number of hydrogen-bond acceptors (Lipinski definition) is 4. The van der Waals surface area contributed by atoms with Gasteiger partial charge in [-0.3, -0.25) is 9.59 Å². The van der Waals surface area contributed by atoms with Crippen molar-refractivity contribution in [3.8, 4) is 5.75 Å². The second kappa shape index (κ2) is 8.84. The van der Waals surface area contributed by atoms with Crippen LogP contribution < -0.4 is 10.2 Å². The Balaban J connectivity index is 1.78. The molecule has 1 aromatic heterocycles. The van der Waals surface area contributed by atoms with E-state index in [2.05, 4.69) is 22.9 Å². The lowest BCUT2D eigenvalue weighted by Gasteiger charge is -2.25. The van der Waals surface area contributed by atoms with Crippen molar-refractivity contribution in [2.45, 2.75) is 45.3 Å². The number of benzene rings is 1. The lowest BCUT2D eigenvalue weighted by molar-refractivity contribution is 0.0955. The molecule has 3 heterocycles. The zero-order valence-corrected chi connectivity index (χ0v) is 18.2. The molecule has 2 aliphatic heterocycles. The molecule has 0 radical (unpaired) electrons. The molecule has 2 aliphatic rings. The second-order valence-corrected chi connectivity index (χ2v) is 8.86. The zero-order chi connectivity index (χ0) is 20.4. The highest BCUT2D eigenvalue weighted by atomic mass is 79.9. The molecule has 0 amide bonds. The predicted octanol–water partition coefficient (Wildman–Crippen LogP) is 4.77. The quantitative estimate of drug-likeness (QED) is 0.660. The minimum absolute atomic E-state index is 0.0244. The summed E-state index contributed by atoms with van der Waals surface area (Å²) in [6.07, 6.45) is 5.11. The predicted molar refractivity (Wildman–Crippen MR) is 114 cm³/mol. The van der Waals surface area contributed by atoms with Crippen LogP contribution in [0.3, 0.4) is 0 Å². The van der Waals surface area contributed by atoms with Gasteiger partial charge in [0.1, 0.15) is 12.3 Å². The van der Waals surface area contributed by atoms with E-state index in [9.17, 15) is 9.59 Å². The summed E-state index contributed by atoms with van der Waals surface area (Å²) in [5, 5.41) is 0. The average molecular weight is 460 g/mol. The number of carbonyl (C=O) groups is 1. The van der Waals surface area contributed by atoms with Gasteiger partial charge in [-0.2, -0.15) is 0 Å². The molecule has 154 valence electrons. The number of ether oxygens (including phenoxy) is 2. The maximum Gasteiger partial charge on any atom is 0.238 e. The monoisotopic (exact) mass is 459 g/mol. The summed E-state index contributed by atoms with van der Waals surface area (Å²) in [6.45, 7) is 3.67. The zero-order valence-electron chi connectivity index (χ0n) is 16.6. The molecule has 3 unspecified atom stereocenters. The fraction of sp³-hybridized carbons (Fsp3) is 0.478. The minimum atomic E-state index is -0.276. The Labute approximate surface area is 179 Å². The van der Waals surface area contributed by atoms with Crippen LogP contribution in [0.1, 0.15) is 54.7 Å². The van der Waals surface area contributed by atoms with Crippen LogP contribution in [0.4, 0.5) is 0 Å². The molecular formula is C23H26BrNO4. The van der Waals surface area contributed by atoms with Gasteiger partial charge in [0.25, 0.3) is 0 Å². The van der Waals surface area contributed by atoms with E-state index in [1.54, 1.807) is 6.20 Å². The first-order chi connectivity index (χ1) is 14.1. The number of aromatic nitrogens is 1. The van der Waals surface area contributed by atoms with Crippen molar-refractivity contribution < 1.29 is 14.3 Å². The Morgan fingerprint density at radius 1 is 1.21 bits per heavy atom. The summed E-state index contributed by atoms with van der Waals surface area (Å²) in [6, 6.07) is 9.72. The van der Waals surface area contributed by atoms with Crippen molar-refractivity contribution in [2.75, 3.05) is 13.2 Å². The van der Waals surface area contributed by atoms with Gasteiger partial charge in [0.2, 0.25) is 5.43 Å². The first kappa shape index (κ1) is 20.4. The Hall–Kier alpha value is -1.92. The molecule has 4 rings (SSSR count). The van der Waals surface area contributed by atoms with E-state index in [4.69, 9.17) is 9.47 Å². The van der Waals surface area contributed by atoms with Gasteiger partial charge in [0.05, 0.1) is 23.7 Å². The summed E-state index contributed by atoms with van der Waals surface area (Å²) in [5.74, 6) is 0.949. The summed E-state index contributed by atoms with van der Waals surface area (Å²) in [4.78, 5) is 26.2. The van der Waals surface area contributed by atoms with Crippen LogP contribution in [0.25, 0.3) is 0 Å². The number of pyridine rings is 1. The third-order valence-electron chi connectivity index (χ3n) is 6.15. The summed E-state index contributed by atoms with van der Waals surface area (Å²) < 4.78 is 14.1. The highest BCUT2D eigenvalue weighted by molar-refractivity contribution is 9.10. The number of hydrogen-bond donors (Lipinski definition) is 0. The molecule has 0 N–H and O–H groups in total. The molecule has 2 aromatic rings. The van der Waals surface area contributed by atoms with Gasteiger partial charge in [-0.05, 0) is 40.3 Å². The normalized spacial score (nSPS) is 24.2. The van der Waals surface area contributed by atoms with Crippen LogP contribution in [0, 0.1) is 11.8 Å². The molecule has 0 bridgehead atoms. The van der Waals surface area contributed by atoms with Gasteiger partial charge in [-0.25, -0.2) is 0 Å². The number of rotatable bonds is 4. The molecule has 0 saturated carbocycles. The number of nitrogens with zero attached hydrogens (tertiary/aromatic N) is 1. The van der Waals surface area contributed by atoms with Crippen molar-refractivity contribution in [1.82, 2.24) is 4.57 Å². The lowest BCUT2D eigenvalue weighted by Crippen LogP contribution is -2.27. The molecule has 5 nitrogen and oxygen atoms in total. The van der Waals surface area contributed by atoms with Crippen molar-refractivity contribution in [1.29, 1.82) is 0 Å². The molecular weight excluding hydrogens is 434 g/mol. The fourth-order valence-electron chi connectivity index (χ4n) is 4.46. The second-order valence-electron chi connectivity index (χ2n) is 8.00. The number of halogens is 1. The molecule has 3 atom stereocenters. The largest absolute Gasteiger partial charge is 0.483 e. The maximum atomic E-state index is 13.3. The van der Waals surface area contributed by atoms with Crippen molar-refractivity contribution in [2.24, 2.45) is 11.8 Å². The number of carbonyl (C=O) groups excluding carboxylic acids is 1. The van der Waals surface area contributed by atoms with E-state index in [1.807, 2.05) is 34.9 Å². The van der Waals surface area contributed by atoms with Gasteiger partial charge in [0.15, 0.2) is 11.5 Å². The fourth-order valence-corrected chi connectivity index (χ4v) is 4.87. The van der Waals surface area contributed by atoms with E-state index in [1.165, 1.54) is 0 Å². The first-order valence-electron chi connectivity index (χ1n) is 10.3. The van der Waals surface area contributed by atoms with Gasteiger partial charge >= 0.3 is 0 Å². The molecule has 1 fully saturated rings. The summed E-state index contributed by atoms with van der Waals surface area (Å²) in [5.41, 5.74) is 1.07. The van der Waals surface area contributed by atoms with Crippen molar-refractivity contribution in [3.63, 3.8) is 0 Å². The topological polar surface area (TPSA) is 57.5 Å². The van der Waals surface area contributed by atoms with E-state index >= 15 is 0 Å². The van der Waals surface area contributed by atoms with Crippen LogP contribution in [-0.4, -0.2) is 23.6 Å². The van der Waals surface area contributed by atoms with Crippen LogP contribution in [0.2, 0.25) is 0 Å². The standard InChI is InChI=1S/C23H26BrNO4/c1-2-15-8-9-20(26)21-23(29-12-16-6-4-3-5-7-16)22(27)18(24)11-25(21)19-14-28-13-17(19)10-15/h3-7,11,15,17,19H,2,8-10,12-14H2,1H3. The highest BCUT2D eigenvalue weighted by Crippen LogP contribution is 2.38. The first-order valence-corrected chi connectivity index (χ1v) is 11.1. The molecule has 0 spiro atoms. The van der Waals surface area contributed by atoms with Gasteiger partial charge < -0.3 is 14.0 Å². The molecule has 1 saturated heterocycles. The van der Waals surface area contributed by atoms with Crippen LogP contribution in [0.5, 0.6) is 5.75 Å². The third-order valence-corrected chi connectivity index (χ3v) is 6.72. The Kier molecular flexibility index (Phi) is 6.20. The number of ketones is 1. The van der Waals surface area contributed by atoms with Crippen LogP contribution in [0.15, 0.2) is 45.8 Å². The number of Topliss-reactive ketones (excluding diaryl/α,β-unsaturated/α-hetero) is 1. The van der Waals surface area contributed by atoms with Gasteiger partial charge in [-0.1, -0.05) is 43.7 Å². The van der Waals surface area contributed by atoms with Gasteiger partial charge in [0, 0.05) is 18.5 Å². The Morgan fingerprint density at radius 3 is 2.76 bits per heavy atom. The van der Waals surface area contributed by atoms with Crippen molar-refractivity contribution >= 4 is 21.7 Å². The highest BCUT2D eigenvalue weighted by Gasteiger charge is 2.36. The Morgan fingerprint density at radius 2 is 2.00 bits per heavy atom. The van der Waals surface area contributed by atoms with Gasteiger partial charge in [-0.15, -0.1) is 0 Å². The average Bonchev–Trinajstić information content (AvgIpc) is 3.20. The van der Waals surface area contributed by atoms with Crippen LogP contribution in [-0.2, 0) is 11.3 Å². The maximum absolute atomic E-state index is 13.3. The molecule has 6 heteroatoms. The third kappa shape index (κ3) is 4.19.